The highest BCUT2D eigenvalue weighted by Gasteiger charge is 2.51. The topological polar surface area (TPSA) is 30.7 Å². The van der Waals surface area contributed by atoms with Gasteiger partial charge in [-0.1, -0.05) is 36.0 Å². The summed E-state index contributed by atoms with van der Waals surface area (Å²) in [5.74, 6) is 4.33. The van der Waals surface area contributed by atoms with Gasteiger partial charge in [-0.05, 0) is 73.3 Å². The van der Waals surface area contributed by atoms with Crippen molar-refractivity contribution in [3.05, 3.63) is 54.1 Å². The zero-order valence-electron chi connectivity index (χ0n) is 16.3. The van der Waals surface area contributed by atoms with E-state index in [1.165, 1.54) is 44.6 Å². The van der Waals surface area contributed by atoms with Crippen LogP contribution in [0.5, 0.6) is 0 Å². The van der Waals surface area contributed by atoms with Crippen molar-refractivity contribution >= 4 is 11.8 Å². The van der Waals surface area contributed by atoms with E-state index in [1.807, 2.05) is 18.2 Å². The van der Waals surface area contributed by atoms with Crippen LogP contribution in [0.2, 0.25) is 0 Å². The third kappa shape index (κ3) is 3.42. The van der Waals surface area contributed by atoms with Crippen molar-refractivity contribution in [2.45, 2.75) is 62.4 Å². The molecule has 148 valence electrons. The maximum absolute atomic E-state index is 14.0. The van der Waals surface area contributed by atoms with Crippen LogP contribution in [0.15, 0.2) is 42.1 Å². The van der Waals surface area contributed by atoms with Crippen molar-refractivity contribution in [2.24, 2.45) is 23.2 Å². The highest BCUT2D eigenvalue weighted by Crippen LogP contribution is 2.61. The molecule has 0 saturated heterocycles. The Morgan fingerprint density at radius 3 is 2.43 bits per heavy atom. The summed E-state index contributed by atoms with van der Waals surface area (Å²) in [6.45, 7) is 4.65. The zero-order valence-corrected chi connectivity index (χ0v) is 17.1. The van der Waals surface area contributed by atoms with Gasteiger partial charge in [-0.2, -0.15) is 0 Å². The fourth-order valence-corrected chi connectivity index (χ4v) is 7.42. The number of benzene rings is 1. The second-order valence-corrected chi connectivity index (χ2v) is 10.2. The molecule has 0 amide bonds. The third-order valence-electron chi connectivity index (χ3n) is 7.12. The highest BCUT2D eigenvalue weighted by molar-refractivity contribution is 7.98. The summed E-state index contributed by atoms with van der Waals surface area (Å²) in [7, 11) is 0. The number of aromatic nitrogens is 3. The smallest absolute Gasteiger partial charge is 0.191 e. The third-order valence-corrected chi connectivity index (χ3v) is 8.13. The van der Waals surface area contributed by atoms with Crippen LogP contribution >= 0.6 is 11.8 Å². The molecule has 2 aromatic rings. The van der Waals surface area contributed by atoms with Crippen molar-refractivity contribution in [3.63, 3.8) is 0 Å². The van der Waals surface area contributed by atoms with Crippen molar-refractivity contribution in [3.8, 4) is 0 Å². The number of allylic oxidation sites excluding steroid dienone is 1. The van der Waals surface area contributed by atoms with Gasteiger partial charge in [0, 0.05) is 18.7 Å². The van der Waals surface area contributed by atoms with E-state index in [1.54, 1.807) is 17.8 Å². The largest absolute Gasteiger partial charge is 0.302 e. The number of nitrogens with zero attached hydrogens (tertiary/aromatic N) is 3. The van der Waals surface area contributed by atoms with Gasteiger partial charge in [0.25, 0.3) is 0 Å². The van der Waals surface area contributed by atoms with Crippen LogP contribution in [0.3, 0.4) is 0 Å². The molecule has 0 unspecified atom stereocenters. The van der Waals surface area contributed by atoms with E-state index in [-0.39, 0.29) is 5.82 Å². The Morgan fingerprint density at radius 1 is 1.11 bits per heavy atom. The number of thioether (sulfide) groups is 1. The van der Waals surface area contributed by atoms with Crippen molar-refractivity contribution in [1.29, 1.82) is 0 Å². The van der Waals surface area contributed by atoms with Crippen LogP contribution in [0.25, 0.3) is 0 Å². The zero-order chi connectivity index (χ0) is 19.1. The van der Waals surface area contributed by atoms with Gasteiger partial charge in [-0.15, -0.1) is 16.8 Å². The Hall–Kier alpha value is -1.62. The van der Waals surface area contributed by atoms with Crippen LogP contribution in [0.1, 0.15) is 49.9 Å². The number of hydrogen-bond acceptors (Lipinski definition) is 3. The Morgan fingerprint density at radius 2 is 1.79 bits per heavy atom. The predicted octanol–water partition coefficient (Wildman–Crippen LogP) is 5.65. The Labute approximate surface area is 170 Å². The lowest BCUT2D eigenvalue weighted by Gasteiger charge is -2.56. The van der Waals surface area contributed by atoms with Gasteiger partial charge in [0.15, 0.2) is 5.16 Å². The first-order chi connectivity index (χ1) is 13.6. The summed E-state index contributed by atoms with van der Waals surface area (Å²) >= 11 is 1.57. The molecule has 3 nitrogen and oxygen atoms in total. The molecule has 28 heavy (non-hydrogen) atoms. The van der Waals surface area contributed by atoms with E-state index < -0.39 is 0 Å². The lowest BCUT2D eigenvalue weighted by molar-refractivity contribution is -0.0535. The molecule has 4 fully saturated rings. The second kappa shape index (κ2) is 7.33. The lowest BCUT2D eigenvalue weighted by atomic mass is 9.49. The minimum absolute atomic E-state index is 0.154. The van der Waals surface area contributed by atoms with Crippen LogP contribution in [-0.2, 0) is 18.7 Å². The van der Waals surface area contributed by atoms with E-state index in [2.05, 4.69) is 21.3 Å². The average Bonchev–Trinajstić information content (AvgIpc) is 3.01. The van der Waals surface area contributed by atoms with Gasteiger partial charge < -0.3 is 4.57 Å². The molecule has 4 aliphatic rings. The quantitative estimate of drug-likeness (QED) is 0.446. The lowest BCUT2D eigenvalue weighted by Crippen LogP contribution is -2.47. The van der Waals surface area contributed by atoms with Crippen molar-refractivity contribution in [1.82, 2.24) is 14.8 Å². The molecule has 1 aromatic heterocycles. The van der Waals surface area contributed by atoms with Crippen LogP contribution in [0, 0.1) is 29.0 Å². The first kappa shape index (κ1) is 18.4. The fourth-order valence-electron chi connectivity index (χ4n) is 6.47. The maximum Gasteiger partial charge on any atom is 0.191 e. The monoisotopic (exact) mass is 397 g/mol. The summed E-state index contributed by atoms with van der Waals surface area (Å²) in [5, 5.41) is 9.96. The second-order valence-electron chi connectivity index (χ2n) is 9.27. The van der Waals surface area contributed by atoms with Crippen LogP contribution in [-0.4, -0.2) is 14.8 Å². The first-order valence-corrected chi connectivity index (χ1v) is 11.5. The normalized spacial score (nSPS) is 30.7. The molecule has 0 radical (unpaired) electrons. The predicted molar refractivity (Wildman–Crippen MR) is 110 cm³/mol. The van der Waals surface area contributed by atoms with Crippen LogP contribution in [0.4, 0.5) is 4.39 Å². The molecule has 4 bridgehead atoms. The molecule has 0 aliphatic heterocycles. The van der Waals surface area contributed by atoms with Gasteiger partial charge in [0.05, 0.1) is 0 Å². The van der Waals surface area contributed by atoms with E-state index in [9.17, 15) is 4.39 Å². The fraction of sp³-hybridized carbons (Fsp3) is 0.565. The molecule has 0 N–H and O–H groups in total. The average molecular weight is 398 g/mol. The van der Waals surface area contributed by atoms with Crippen LogP contribution < -0.4 is 0 Å². The van der Waals surface area contributed by atoms with Gasteiger partial charge >= 0.3 is 0 Å². The van der Waals surface area contributed by atoms with Gasteiger partial charge in [0.2, 0.25) is 0 Å². The minimum Gasteiger partial charge on any atom is -0.302 e. The molecular weight excluding hydrogens is 369 g/mol. The summed E-state index contributed by atoms with van der Waals surface area (Å²) < 4.78 is 16.2. The first-order valence-electron chi connectivity index (χ1n) is 10.5. The molecule has 1 aromatic carbocycles. The maximum atomic E-state index is 14.0. The molecule has 0 atom stereocenters. The van der Waals surface area contributed by atoms with E-state index >= 15 is 0 Å². The SMILES string of the molecule is C=CCn1c(CC23CC4CC(CC(C4)C2)C3)nnc1SCc1ccccc1F. The molecule has 4 saturated carbocycles. The van der Waals surface area contributed by atoms with Crippen molar-refractivity contribution in [2.75, 3.05) is 0 Å². The van der Waals surface area contributed by atoms with Crippen molar-refractivity contribution < 1.29 is 4.39 Å². The molecular formula is C23H28FN3S. The van der Waals surface area contributed by atoms with Gasteiger partial charge in [-0.25, -0.2) is 4.39 Å². The molecule has 0 spiro atoms. The van der Waals surface area contributed by atoms with E-state index in [0.717, 1.165) is 35.2 Å². The van der Waals surface area contributed by atoms with E-state index in [0.29, 0.717) is 23.3 Å². The molecule has 4 aliphatic carbocycles. The minimum atomic E-state index is -0.154. The Kier molecular flexibility index (Phi) is 4.82. The standard InChI is InChI=1S/C23H28FN3S/c1-2-7-27-21(14-23-11-16-8-17(12-23)10-18(9-16)13-23)25-26-22(27)28-15-19-5-3-4-6-20(19)24/h2-6,16-18H,1,7-15H2. The number of halogens is 1. The van der Waals surface area contributed by atoms with E-state index in [4.69, 9.17) is 0 Å². The Balaban J connectivity index is 1.35. The number of hydrogen-bond donors (Lipinski definition) is 0. The summed E-state index contributed by atoms with van der Waals surface area (Å²) in [5.41, 5.74) is 1.15. The molecule has 5 heteroatoms. The van der Waals surface area contributed by atoms with Gasteiger partial charge in [-0.3, -0.25) is 0 Å². The van der Waals surface area contributed by atoms with Gasteiger partial charge in [0.1, 0.15) is 11.6 Å². The summed E-state index contributed by atoms with van der Waals surface area (Å²) in [4.78, 5) is 0. The molecule has 1 heterocycles. The highest BCUT2D eigenvalue weighted by atomic mass is 32.2. The number of rotatable bonds is 7. The summed E-state index contributed by atoms with van der Waals surface area (Å²) in [6, 6.07) is 6.97. The Bertz CT molecular complexity index is 839. The molecule has 6 rings (SSSR count). The summed E-state index contributed by atoms with van der Waals surface area (Å²) in [6.07, 6.45) is 11.5.